The smallest absolute Gasteiger partial charge is 0.462 e. The first-order valence-electron chi connectivity index (χ1n) is 27.1. The third-order valence-corrected chi connectivity index (χ3v) is 15.7. The van der Waals surface area contributed by atoms with Gasteiger partial charge < -0.3 is 50.2 Å². The predicted molar refractivity (Wildman–Crippen MR) is 281 cm³/mol. The third-order valence-electron chi connectivity index (χ3n) is 13.1. The Hall–Kier alpha value is -3.43. The average Bonchev–Trinajstić information content (AvgIpc) is 3.35. The van der Waals surface area contributed by atoms with Crippen molar-refractivity contribution in [2.45, 2.75) is 217 Å². The summed E-state index contributed by atoms with van der Waals surface area (Å²) in [4.78, 5) is 78.1. The first-order valence-corrected chi connectivity index (χ1v) is 30.1. The Morgan fingerprint density at radius 3 is 2.12 bits per heavy atom. The van der Waals surface area contributed by atoms with Gasteiger partial charge in [-0.2, -0.15) is 9.29 Å². The molecule has 2 unspecified atom stereocenters. The molecule has 1 aromatic rings. The van der Waals surface area contributed by atoms with E-state index in [0.29, 0.717) is 19.3 Å². The highest BCUT2D eigenvalue weighted by atomic mass is 31.3. The van der Waals surface area contributed by atoms with Crippen LogP contribution in [-0.4, -0.2) is 114 Å². The maximum Gasteiger partial charge on any atom is 0.481 e. The van der Waals surface area contributed by atoms with Gasteiger partial charge in [0.1, 0.15) is 36.6 Å². The van der Waals surface area contributed by atoms with E-state index in [4.69, 9.17) is 29.0 Å². The van der Waals surface area contributed by atoms with Crippen LogP contribution in [-0.2, 0) is 51.1 Å². The molecule has 1 saturated heterocycles. The molecular weight excluding hydrogens is 1020 g/mol. The molecule has 0 amide bonds. The van der Waals surface area contributed by atoms with Gasteiger partial charge in [0.15, 0.2) is 6.10 Å². The number of Topliss-reactive ketones (excluding diaryl/α,β-unsaturated/α-hetero) is 1. The van der Waals surface area contributed by atoms with Crippen LogP contribution in [0.25, 0.3) is 0 Å². The topological polar surface area (TPSA) is 323 Å². The number of aliphatic hydroxyl groups is 4. The first kappa shape index (κ1) is 65.9. The van der Waals surface area contributed by atoms with Crippen molar-refractivity contribution in [3.8, 4) is 0 Å². The maximum atomic E-state index is 13.9. The molecule has 428 valence electrons. The fraction of sp³-hybridized carbons (Fsp3) is 0.750. The van der Waals surface area contributed by atoms with Crippen molar-refractivity contribution < 1.29 is 81.3 Å². The van der Waals surface area contributed by atoms with Gasteiger partial charge in [-0.05, 0) is 63.9 Å². The number of unbranched alkanes of at least 4 members (excludes halogenated alkanes) is 15. The third kappa shape index (κ3) is 27.1. The fourth-order valence-electron chi connectivity index (χ4n) is 8.71. The highest BCUT2D eigenvalue weighted by Crippen LogP contribution is 2.60. The second kappa shape index (κ2) is 36.6. The molecule has 0 aliphatic carbocycles. The van der Waals surface area contributed by atoms with E-state index in [0.717, 1.165) is 75.0 Å². The number of ether oxygens (including phenoxy) is 3. The van der Waals surface area contributed by atoms with E-state index in [2.05, 4.69) is 28.4 Å². The minimum atomic E-state index is -5.72. The molecule has 75 heavy (non-hydrogen) atoms. The van der Waals surface area contributed by atoms with Crippen molar-refractivity contribution in [3.05, 3.63) is 59.2 Å². The molecule has 1 aromatic heterocycles. The highest BCUT2D eigenvalue weighted by molar-refractivity contribution is 7.61. The Kier molecular flexibility index (Phi) is 32.2. The number of esters is 2. The van der Waals surface area contributed by atoms with Crippen LogP contribution in [0.2, 0.25) is 0 Å². The van der Waals surface area contributed by atoms with Crippen molar-refractivity contribution in [3.63, 3.8) is 0 Å². The van der Waals surface area contributed by atoms with E-state index in [-0.39, 0.29) is 37.9 Å². The van der Waals surface area contributed by atoms with E-state index in [1.54, 1.807) is 12.2 Å². The zero-order valence-corrected chi connectivity index (χ0v) is 45.9. The second-order valence-corrected chi connectivity index (χ2v) is 22.6. The standard InChI is InChI=1S/C52H87N3O18P2/c1-3-5-7-8-9-10-11-12-13-14-15-16-17-18-19-20-25-29-47(59)68-36-40-37-69-74(64,65)73-75(66,67)70-38-45-50(62)49(61)41(32-31-39(56)27-23-6-4-2)43(57)35-44(58)42(28-24-21-22-26-30-48(60)71-40)51(72-45)55-34-33-46(53)54-52(55)63/h12-13,21,24,31-34,39-42,44-45,49-51,56,58,61-62H,3-11,14-20,22-23,25-30,35-38H2,1-2H3,(H,64,65)(H,66,67)(H2,53,54,63)/b13-12-,24-21?,32-31?/t39-,40+,41-,42-,44-,45+,49-,50+,51+/m0/s1. The molecule has 3 rings (SSSR count). The summed E-state index contributed by atoms with van der Waals surface area (Å²) in [7, 11) is -11.3. The number of hydrogen-bond donors (Lipinski definition) is 7. The first-order chi connectivity index (χ1) is 35.9. The lowest BCUT2D eigenvalue weighted by atomic mass is 9.83. The van der Waals surface area contributed by atoms with Gasteiger partial charge in [0.25, 0.3) is 0 Å². The van der Waals surface area contributed by atoms with Crippen molar-refractivity contribution in [1.82, 2.24) is 9.55 Å². The van der Waals surface area contributed by atoms with E-state index in [1.807, 2.05) is 6.92 Å². The van der Waals surface area contributed by atoms with Gasteiger partial charge in [-0.1, -0.05) is 134 Å². The van der Waals surface area contributed by atoms with Crippen LogP contribution in [0.15, 0.2) is 53.5 Å². The molecule has 0 saturated carbocycles. The summed E-state index contributed by atoms with van der Waals surface area (Å²) in [5.41, 5.74) is 4.75. The summed E-state index contributed by atoms with van der Waals surface area (Å²) in [5.74, 6) is -5.21. The molecule has 3 heterocycles. The number of carbonyl (C=O) groups is 3. The van der Waals surface area contributed by atoms with Crippen molar-refractivity contribution >= 4 is 39.2 Å². The summed E-state index contributed by atoms with van der Waals surface area (Å²) < 4.78 is 58.9. The quantitative estimate of drug-likeness (QED) is 0.0199. The van der Waals surface area contributed by atoms with Crippen LogP contribution in [0.3, 0.4) is 0 Å². The number of nitrogens with zero attached hydrogens (tertiary/aromatic N) is 2. The van der Waals surface area contributed by atoms with Gasteiger partial charge in [-0.25, -0.2) is 13.9 Å². The van der Waals surface area contributed by atoms with Crippen molar-refractivity contribution in [2.24, 2.45) is 11.8 Å². The van der Waals surface area contributed by atoms with Crippen LogP contribution in [0.4, 0.5) is 5.82 Å². The lowest BCUT2D eigenvalue weighted by Crippen LogP contribution is -2.51. The Bertz CT molecular complexity index is 2070. The van der Waals surface area contributed by atoms with Gasteiger partial charge >= 0.3 is 33.3 Å². The lowest BCUT2D eigenvalue weighted by molar-refractivity contribution is -0.186. The Balaban J connectivity index is 1.73. The number of rotatable bonds is 26. The van der Waals surface area contributed by atoms with E-state index >= 15 is 0 Å². The number of cyclic esters (lactones) is 1. The largest absolute Gasteiger partial charge is 0.481 e. The van der Waals surface area contributed by atoms with E-state index < -0.39 is 120 Å². The van der Waals surface area contributed by atoms with Gasteiger partial charge in [-0.15, -0.1) is 0 Å². The monoisotopic (exact) mass is 1100 g/mol. The number of ketones is 1. The van der Waals surface area contributed by atoms with Crippen LogP contribution in [0, 0.1) is 11.8 Å². The lowest BCUT2D eigenvalue weighted by Gasteiger charge is -2.39. The van der Waals surface area contributed by atoms with Gasteiger partial charge in [0.05, 0.1) is 37.4 Å². The minimum absolute atomic E-state index is 0.0719. The molecule has 8 N–H and O–H groups in total. The number of phosphoric acid groups is 2. The van der Waals surface area contributed by atoms with E-state index in [1.165, 1.54) is 56.7 Å². The number of aromatic nitrogens is 2. The van der Waals surface area contributed by atoms with Gasteiger partial charge in [0, 0.05) is 31.4 Å². The molecule has 0 spiro atoms. The van der Waals surface area contributed by atoms with Crippen LogP contribution < -0.4 is 11.4 Å². The zero-order valence-electron chi connectivity index (χ0n) is 44.1. The predicted octanol–water partition coefficient (Wildman–Crippen LogP) is 8.15. The molecule has 23 heteroatoms. The average molecular weight is 1100 g/mol. The fourth-order valence-corrected chi connectivity index (χ4v) is 10.8. The molecule has 0 radical (unpaired) electrons. The minimum Gasteiger partial charge on any atom is -0.462 e. The van der Waals surface area contributed by atoms with Crippen LogP contribution >= 0.6 is 15.6 Å². The number of nitrogen functional groups attached to an aromatic ring is 1. The molecule has 1 fully saturated rings. The zero-order chi connectivity index (χ0) is 55.1. The normalized spacial score (nSPS) is 28.6. The SMILES string of the molecule is CCCCCCCC/C=C\CCCCCCCCCC(=O)OC[C@@H]1COP(=O)(O)OP(=O)(O)OC[C@H]2O[C@@H](n3ccc(N)nc3=O)[C@@H](CC=CCCCC(=O)O1)[C@@H](O)CC(=O)[C@H](C=C[C@@H](O)CCCCC)[C@H](O)[C@@H]2O. The molecular formula is C52H87N3O18P2. The molecule has 11 atom stereocenters. The number of phosphoric ester groups is 2. The number of hydrogen-bond acceptors (Lipinski definition) is 18. The Labute approximate surface area is 442 Å². The van der Waals surface area contributed by atoms with Crippen molar-refractivity contribution in [1.29, 1.82) is 0 Å². The van der Waals surface area contributed by atoms with E-state index in [9.17, 15) is 58.5 Å². The maximum absolute atomic E-state index is 13.9. The number of carbonyl (C=O) groups excluding carboxylic acids is 3. The molecule has 21 nitrogen and oxygen atoms in total. The summed E-state index contributed by atoms with van der Waals surface area (Å²) in [5, 5.41) is 45.7. The summed E-state index contributed by atoms with van der Waals surface area (Å²) in [6.07, 6.45) is 18.4. The van der Waals surface area contributed by atoms with Crippen LogP contribution in [0.5, 0.6) is 0 Å². The second-order valence-electron chi connectivity index (χ2n) is 19.5. The number of anilines is 1. The summed E-state index contributed by atoms with van der Waals surface area (Å²) in [6, 6.07) is 1.23. The number of aliphatic hydroxyl groups excluding tert-OH is 4. The molecule has 2 aliphatic heterocycles. The molecule has 0 aromatic carbocycles. The van der Waals surface area contributed by atoms with Gasteiger partial charge in [0.2, 0.25) is 0 Å². The van der Waals surface area contributed by atoms with Crippen LogP contribution in [0.1, 0.15) is 181 Å². The van der Waals surface area contributed by atoms with Gasteiger partial charge in [-0.3, -0.25) is 28.0 Å². The summed E-state index contributed by atoms with van der Waals surface area (Å²) >= 11 is 0. The highest BCUT2D eigenvalue weighted by Gasteiger charge is 2.45. The summed E-state index contributed by atoms with van der Waals surface area (Å²) in [6.45, 7) is 1.45. The Morgan fingerprint density at radius 1 is 0.853 bits per heavy atom. The number of fused-ring (bicyclic) bond motifs is 3. The Morgan fingerprint density at radius 2 is 1.47 bits per heavy atom. The molecule has 2 aliphatic rings. The number of nitrogens with two attached hydrogens (primary N) is 1. The van der Waals surface area contributed by atoms with Crippen molar-refractivity contribution in [2.75, 3.05) is 25.6 Å². The molecule has 2 bridgehead atoms. The number of allylic oxidation sites excluding steroid dienone is 4.